The molecular weight excluding hydrogens is 238 g/mol. The first-order valence-electron chi connectivity index (χ1n) is 5.08. The van der Waals surface area contributed by atoms with E-state index in [2.05, 4.69) is 35.6 Å². The van der Waals surface area contributed by atoms with Gasteiger partial charge in [0.25, 0.3) is 0 Å². The first-order chi connectivity index (χ1) is 7.79. The number of halogens is 1. The zero-order valence-corrected chi connectivity index (χ0v) is 10.3. The van der Waals surface area contributed by atoms with Gasteiger partial charge in [0.2, 0.25) is 0 Å². The summed E-state index contributed by atoms with van der Waals surface area (Å²) in [7, 11) is 1.89. The molecule has 0 spiro atoms. The maximum absolute atomic E-state index is 6.20. The molecule has 1 N–H and O–H groups in total. The van der Waals surface area contributed by atoms with Crippen LogP contribution in [-0.2, 0) is 0 Å². The number of hydrogen-bond acceptors (Lipinski definition) is 2. The second-order valence-corrected chi connectivity index (χ2v) is 5.17. The molecule has 0 aliphatic carbocycles. The molecular formula is C13H10ClNS. The monoisotopic (exact) mass is 247 g/mol. The third-order valence-electron chi connectivity index (χ3n) is 2.74. The number of rotatable bonds is 1. The lowest BCUT2D eigenvalue weighted by Crippen LogP contribution is -1.87. The fourth-order valence-electron chi connectivity index (χ4n) is 1.94. The zero-order valence-electron chi connectivity index (χ0n) is 8.75. The van der Waals surface area contributed by atoms with Gasteiger partial charge >= 0.3 is 0 Å². The van der Waals surface area contributed by atoms with E-state index < -0.39 is 0 Å². The Balaban J connectivity index is 2.46. The van der Waals surface area contributed by atoms with Gasteiger partial charge in [0.1, 0.15) is 0 Å². The van der Waals surface area contributed by atoms with Crippen molar-refractivity contribution in [3.8, 4) is 0 Å². The summed E-state index contributed by atoms with van der Waals surface area (Å²) in [6, 6.07) is 12.6. The van der Waals surface area contributed by atoms with Crippen molar-refractivity contribution in [2.45, 2.75) is 0 Å². The third-order valence-corrected chi connectivity index (χ3v) is 4.18. The number of fused-ring (bicyclic) bond motifs is 3. The van der Waals surface area contributed by atoms with Gasteiger partial charge in [0.15, 0.2) is 0 Å². The molecule has 3 rings (SSSR count). The number of benzene rings is 2. The highest BCUT2D eigenvalue weighted by atomic mass is 35.5. The summed E-state index contributed by atoms with van der Waals surface area (Å²) in [5, 5.41) is 6.41. The van der Waals surface area contributed by atoms with Crippen LogP contribution in [0, 0.1) is 0 Å². The minimum atomic E-state index is 0.776. The Morgan fingerprint density at radius 3 is 2.69 bits per heavy atom. The van der Waals surface area contributed by atoms with Crippen LogP contribution in [0.15, 0.2) is 36.4 Å². The van der Waals surface area contributed by atoms with Crippen LogP contribution in [0.5, 0.6) is 0 Å². The van der Waals surface area contributed by atoms with E-state index in [1.807, 2.05) is 13.1 Å². The summed E-state index contributed by atoms with van der Waals surface area (Å²) in [6.07, 6.45) is 0. The second-order valence-electron chi connectivity index (χ2n) is 3.68. The van der Waals surface area contributed by atoms with Gasteiger partial charge < -0.3 is 5.32 Å². The third kappa shape index (κ3) is 1.38. The molecule has 0 radical (unpaired) electrons. The molecule has 0 fully saturated rings. The van der Waals surface area contributed by atoms with Crippen LogP contribution in [0.25, 0.3) is 20.2 Å². The Hall–Kier alpha value is -1.25. The number of anilines is 1. The Labute approximate surface area is 103 Å². The topological polar surface area (TPSA) is 12.0 Å². The molecule has 0 saturated heterocycles. The van der Waals surface area contributed by atoms with Crippen molar-refractivity contribution in [2.75, 3.05) is 12.4 Å². The van der Waals surface area contributed by atoms with Crippen LogP contribution in [0.1, 0.15) is 0 Å². The molecule has 1 aromatic heterocycles. The van der Waals surface area contributed by atoms with E-state index in [0.29, 0.717) is 0 Å². The van der Waals surface area contributed by atoms with Gasteiger partial charge in [-0.15, -0.1) is 11.3 Å². The minimum Gasteiger partial charge on any atom is -0.387 e. The van der Waals surface area contributed by atoms with E-state index in [0.717, 1.165) is 10.7 Å². The van der Waals surface area contributed by atoms with Crippen LogP contribution in [0.2, 0.25) is 5.02 Å². The van der Waals surface area contributed by atoms with Crippen molar-refractivity contribution in [1.29, 1.82) is 0 Å². The number of hydrogen-bond donors (Lipinski definition) is 1. The van der Waals surface area contributed by atoms with E-state index in [-0.39, 0.29) is 0 Å². The van der Waals surface area contributed by atoms with Crippen LogP contribution in [-0.4, -0.2) is 7.05 Å². The first-order valence-corrected chi connectivity index (χ1v) is 6.27. The predicted molar refractivity (Wildman–Crippen MR) is 73.9 cm³/mol. The number of nitrogens with one attached hydrogen (secondary N) is 1. The van der Waals surface area contributed by atoms with Gasteiger partial charge in [-0.1, -0.05) is 29.8 Å². The average Bonchev–Trinajstić information content (AvgIpc) is 2.66. The van der Waals surface area contributed by atoms with Crippen molar-refractivity contribution >= 4 is 48.8 Å². The molecule has 16 heavy (non-hydrogen) atoms. The van der Waals surface area contributed by atoms with E-state index >= 15 is 0 Å². The minimum absolute atomic E-state index is 0.776. The summed E-state index contributed by atoms with van der Waals surface area (Å²) >= 11 is 8.00. The Morgan fingerprint density at radius 2 is 1.88 bits per heavy atom. The molecule has 0 atom stereocenters. The highest BCUT2D eigenvalue weighted by molar-refractivity contribution is 7.25. The van der Waals surface area contributed by atoms with Gasteiger partial charge in [-0.25, -0.2) is 0 Å². The molecule has 0 saturated carbocycles. The molecule has 80 valence electrons. The Bertz CT molecular complexity index is 672. The molecule has 0 aliphatic heterocycles. The molecule has 0 bridgehead atoms. The lowest BCUT2D eigenvalue weighted by molar-refractivity contribution is 1.54. The van der Waals surface area contributed by atoms with E-state index in [9.17, 15) is 0 Å². The van der Waals surface area contributed by atoms with E-state index in [4.69, 9.17) is 11.6 Å². The second kappa shape index (κ2) is 3.65. The van der Waals surface area contributed by atoms with Crippen molar-refractivity contribution in [2.24, 2.45) is 0 Å². The lowest BCUT2D eigenvalue weighted by Gasteiger charge is -2.02. The maximum atomic E-state index is 6.20. The normalized spacial score (nSPS) is 11.1. The molecule has 2 aromatic carbocycles. The highest BCUT2D eigenvalue weighted by Crippen LogP contribution is 2.38. The Kier molecular flexibility index (Phi) is 2.27. The van der Waals surface area contributed by atoms with Crippen LogP contribution in [0.3, 0.4) is 0 Å². The summed E-state index contributed by atoms with van der Waals surface area (Å²) in [4.78, 5) is 0. The number of thiophene rings is 1. The maximum Gasteiger partial charge on any atom is 0.0644 e. The molecule has 3 heteroatoms. The lowest BCUT2D eigenvalue weighted by atomic mass is 10.1. The molecule has 3 aromatic rings. The van der Waals surface area contributed by atoms with E-state index in [1.54, 1.807) is 11.3 Å². The molecule has 0 amide bonds. The average molecular weight is 248 g/mol. The van der Waals surface area contributed by atoms with Crippen LogP contribution in [0.4, 0.5) is 5.69 Å². The summed E-state index contributed by atoms with van der Waals surface area (Å²) in [6.45, 7) is 0. The Morgan fingerprint density at radius 1 is 1.06 bits per heavy atom. The van der Waals surface area contributed by atoms with Gasteiger partial charge in [0.05, 0.1) is 10.7 Å². The van der Waals surface area contributed by atoms with Crippen molar-refractivity contribution in [3.63, 3.8) is 0 Å². The summed E-state index contributed by atoms with van der Waals surface area (Å²) in [5.41, 5.74) is 0.987. The molecule has 1 nitrogen and oxygen atoms in total. The van der Waals surface area contributed by atoms with Gasteiger partial charge in [-0.3, -0.25) is 0 Å². The molecule has 0 aliphatic rings. The van der Waals surface area contributed by atoms with E-state index in [1.165, 1.54) is 20.2 Å². The first kappa shape index (κ1) is 9.94. The highest BCUT2D eigenvalue weighted by Gasteiger charge is 2.07. The van der Waals surface area contributed by atoms with Gasteiger partial charge in [-0.05, 0) is 18.2 Å². The van der Waals surface area contributed by atoms with Gasteiger partial charge in [0, 0.05) is 27.2 Å². The quantitative estimate of drug-likeness (QED) is 0.654. The largest absolute Gasteiger partial charge is 0.387 e. The fourth-order valence-corrected chi connectivity index (χ4v) is 3.32. The molecule has 1 heterocycles. The summed E-state index contributed by atoms with van der Waals surface area (Å²) < 4.78 is 2.58. The van der Waals surface area contributed by atoms with Crippen molar-refractivity contribution < 1.29 is 0 Å². The standard InChI is InChI=1S/C13H10ClNS/c1-15-11-7-13-9(6-10(11)14)8-4-2-3-5-12(8)16-13/h2-7,15H,1H3. The zero-order chi connectivity index (χ0) is 11.1. The smallest absolute Gasteiger partial charge is 0.0644 e. The molecule has 0 unspecified atom stereocenters. The van der Waals surface area contributed by atoms with Crippen molar-refractivity contribution in [1.82, 2.24) is 0 Å². The SMILES string of the molecule is CNc1cc2sc3ccccc3c2cc1Cl. The van der Waals surface area contributed by atoms with Crippen molar-refractivity contribution in [3.05, 3.63) is 41.4 Å². The van der Waals surface area contributed by atoms with Crippen LogP contribution < -0.4 is 5.32 Å². The fraction of sp³-hybridized carbons (Fsp3) is 0.0769. The summed E-state index contributed by atoms with van der Waals surface area (Å²) in [5.74, 6) is 0. The predicted octanol–water partition coefficient (Wildman–Crippen LogP) is 4.75. The van der Waals surface area contributed by atoms with Crippen LogP contribution >= 0.6 is 22.9 Å². The van der Waals surface area contributed by atoms with Gasteiger partial charge in [-0.2, -0.15) is 0 Å².